The van der Waals surface area contributed by atoms with E-state index in [1.54, 1.807) is 14.2 Å². The predicted octanol–water partition coefficient (Wildman–Crippen LogP) is 4.42. The van der Waals surface area contributed by atoms with Crippen LogP contribution in [0.3, 0.4) is 0 Å². The highest BCUT2D eigenvalue weighted by molar-refractivity contribution is 5.90. The van der Waals surface area contributed by atoms with E-state index in [0.717, 1.165) is 22.4 Å². The Labute approximate surface area is 155 Å². The number of hydrogen-bond acceptors (Lipinski definition) is 3. The van der Waals surface area contributed by atoms with E-state index in [1.165, 1.54) is 0 Å². The molecule has 2 aromatic rings. The minimum Gasteiger partial charge on any atom is -0.493 e. The number of ether oxygens (including phenoxy) is 2. The molecule has 0 aliphatic rings. The molecule has 2 aromatic carbocycles. The molecule has 2 amide bonds. The molecule has 0 saturated heterocycles. The Bertz CT molecular complexity index is 785. The number of urea groups is 1. The van der Waals surface area contributed by atoms with Gasteiger partial charge in [0.05, 0.1) is 14.2 Å². The maximum absolute atomic E-state index is 12.3. The van der Waals surface area contributed by atoms with Gasteiger partial charge in [-0.05, 0) is 48.7 Å². The van der Waals surface area contributed by atoms with Crippen LogP contribution in [0.25, 0.3) is 0 Å². The Morgan fingerprint density at radius 3 is 2.38 bits per heavy atom. The third-order valence-electron chi connectivity index (χ3n) is 4.71. The first kappa shape index (κ1) is 19.6. The molecular formula is C21H28N2O3. The summed E-state index contributed by atoms with van der Waals surface area (Å²) in [5, 5.41) is 5.88. The number of rotatable bonds is 6. The molecule has 2 N–H and O–H groups in total. The number of hydrogen-bond donors (Lipinski definition) is 2. The van der Waals surface area contributed by atoms with Gasteiger partial charge in [-0.2, -0.15) is 0 Å². The van der Waals surface area contributed by atoms with Gasteiger partial charge in [0.2, 0.25) is 0 Å². The number of aryl methyl sites for hydroxylation is 1. The number of carbonyl (C=O) groups is 1. The van der Waals surface area contributed by atoms with Gasteiger partial charge in [-0.15, -0.1) is 0 Å². The number of anilines is 1. The van der Waals surface area contributed by atoms with Crippen LogP contribution in [0.4, 0.5) is 10.5 Å². The maximum atomic E-state index is 12.3. The topological polar surface area (TPSA) is 59.6 Å². The van der Waals surface area contributed by atoms with Crippen molar-refractivity contribution in [3.63, 3.8) is 0 Å². The summed E-state index contributed by atoms with van der Waals surface area (Å²) in [6, 6.07) is 11.5. The molecular weight excluding hydrogens is 328 g/mol. The van der Waals surface area contributed by atoms with Gasteiger partial charge < -0.3 is 20.1 Å². The third-order valence-corrected chi connectivity index (χ3v) is 4.71. The van der Waals surface area contributed by atoms with E-state index in [4.69, 9.17) is 9.47 Å². The standard InChI is InChI=1S/C21H28N2O3/c1-14-8-7-9-17(15(14)2)23-20(24)22-13-21(3,4)16-10-11-18(25-5)19(12-16)26-6/h7-12H,13H2,1-6H3,(H2,22,23,24). The summed E-state index contributed by atoms with van der Waals surface area (Å²) in [7, 11) is 3.23. The van der Waals surface area contributed by atoms with Crippen LogP contribution in [-0.4, -0.2) is 26.8 Å². The minimum atomic E-state index is -0.265. The lowest BCUT2D eigenvalue weighted by molar-refractivity contribution is 0.249. The van der Waals surface area contributed by atoms with Crippen LogP contribution >= 0.6 is 0 Å². The quantitative estimate of drug-likeness (QED) is 0.805. The number of methoxy groups -OCH3 is 2. The van der Waals surface area contributed by atoms with Crippen LogP contribution in [0.5, 0.6) is 11.5 Å². The van der Waals surface area contributed by atoms with Crippen LogP contribution in [0.2, 0.25) is 0 Å². The molecule has 0 bridgehead atoms. The molecule has 0 aliphatic carbocycles. The van der Waals surface area contributed by atoms with Crippen molar-refractivity contribution in [1.29, 1.82) is 0 Å². The van der Waals surface area contributed by atoms with E-state index in [2.05, 4.69) is 24.5 Å². The normalized spacial score (nSPS) is 11.0. The number of amides is 2. The highest BCUT2D eigenvalue weighted by Gasteiger charge is 2.23. The molecule has 0 aliphatic heterocycles. The van der Waals surface area contributed by atoms with Gasteiger partial charge >= 0.3 is 6.03 Å². The highest BCUT2D eigenvalue weighted by atomic mass is 16.5. The van der Waals surface area contributed by atoms with Crippen LogP contribution in [0.1, 0.15) is 30.5 Å². The first-order valence-corrected chi connectivity index (χ1v) is 8.62. The zero-order chi connectivity index (χ0) is 19.3. The molecule has 0 fully saturated rings. The Morgan fingerprint density at radius 1 is 1.04 bits per heavy atom. The highest BCUT2D eigenvalue weighted by Crippen LogP contribution is 2.32. The zero-order valence-electron chi connectivity index (χ0n) is 16.4. The van der Waals surface area contributed by atoms with E-state index in [1.807, 2.05) is 50.2 Å². The Hall–Kier alpha value is -2.69. The monoisotopic (exact) mass is 356 g/mol. The average molecular weight is 356 g/mol. The van der Waals surface area contributed by atoms with Crippen molar-refractivity contribution in [2.75, 3.05) is 26.1 Å². The average Bonchev–Trinajstić information content (AvgIpc) is 2.63. The van der Waals surface area contributed by atoms with E-state index in [9.17, 15) is 4.79 Å². The van der Waals surface area contributed by atoms with Crippen LogP contribution in [0, 0.1) is 13.8 Å². The van der Waals surface area contributed by atoms with E-state index in [-0.39, 0.29) is 11.4 Å². The summed E-state index contributed by atoms with van der Waals surface area (Å²) in [4.78, 5) is 12.3. The summed E-state index contributed by atoms with van der Waals surface area (Å²) in [5.74, 6) is 1.37. The molecule has 140 valence electrons. The fraction of sp³-hybridized carbons (Fsp3) is 0.381. The van der Waals surface area contributed by atoms with Gasteiger partial charge in [-0.3, -0.25) is 0 Å². The molecule has 26 heavy (non-hydrogen) atoms. The van der Waals surface area contributed by atoms with E-state index in [0.29, 0.717) is 18.0 Å². The van der Waals surface area contributed by atoms with Crippen molar-refractivity contribution in [2.45, 2.75) is 33.1 Å². The molecule has 0 heterocycles. The third kappa shape index (κ3) is 4.48. The lowest BCUT2D eigenvalue weighted by atomic mass is 9.84. The summed E-state index contributed by atoms with van der Waals surface area (Å²) in [6.07, 6.45) is 0. The van der Waals surface area contributed by atoms with Gasteiger partial charge in [0.15, 0.2) is 11.5 Å². The van der Waals surface area contributed by atoms with E-state index < -0.39 is 0 Å². The molecule has 5 heteroatoms. The molecule has 0 unspecified atom stereocenters. The largest absolute Gasteiger partial charge is 0.493 e. The lowest BCUT2D eigenvalue weighted by Crippen LogP contribution is -2.39. The maximum Gasteiger partial charge on any atom is 0.319 e. The van der Waals surface area contributed by atoms with Gasteiger partial charge in [0.25, 0.3) is 0 Å². The minimum absolute atomic E-state index is 0.216. The Morgan fingerprint density at radius 2 is 1.73 bits per heavy atom. The van der Waals surface area contributed by atoms with Crippen molar-refractivity contribution in [1.82, 2.24) is 5.32 Å². The van der Waals surface area contributed by atoms with Crippen molar-refractivity contribution in [2.24, 2.45) is 0 Å². The summed E-state index contributed by atoms with van der Waals surface area (Å²) in [5.41, 5.74) is 3.84. The molecule has 0 atom stereocenters. The number of nitrogens with one attached hydrogen (secondary N) is 2. The Balaban J connectivity index is 2.05. The fourth-order valence-corrected chi connectivity index (χ4v) is 2.71. The SMILES string of the molecule is COc1ccc(C(C)(C)CNC(=O)Nc2cccc(C)c2C)cc1OC. The van der Waals surface area contributed by atoms with Gasteiger partial charge in [-0.25, -0.2) is 4.79 Å². The van der Waals surface area contributed by atoms with Crippen molar-refractivity contribution in [3.05, 3.63) is 53.1 Å². The molecule has 0 radical (unpaired) electrons. The summed E-state index contributed by atoms with van der Waals surface area (Å²) in [6.45, 7) is 8.66. The Kier molecular flexibility index (Phi) is 6.14. The smallest absolute Gasteiger partial charge is 0.319 e. The van der Waals surface area contributed by atoms with Crippen LogP contribution < -0.4 is 20.1 Å². The second-order valence-corrected chi connectivity index (χ2v) is 7.01. The summed E-state index contributed by atoms with van der Waals surface area (Å²) >= 11 is 0. The van der Waals surface area contributed by atoms with Crippen molar-refractivity contribution in [3.8, 4) is 11.5 Å². The first-order valence-electron chi connectivity index (χ1n) is 8.62. The summed E-state index contributed by atoms with van der Waals surface area (Å²) < 4.78 is 10.7. The van der Waals surface area contributed by atoms with Gasteiger partial charge in [0.1, 0.15) is 0 Å². The lowest BCUT2D eigenvalue weighted by Gasteiger charge is -2.26. The first-order chi connectivity index (χ1) is 12.3. The molecule has 5 nitrogen and oxygen atoms in total. The molecule has 2 rings (SSSR count). The number of carbonyl (C=O) groups excluding carboxylic acids is 1. The second-order valence-electron chi connectivity index (χ2n) is 7.01. The molecule has 0 saturated carbocycles. The van der Waals surface area contributed by atoms with Crippen LogP contribution in [-0.2, 0) is 5.41 Å². The van der Waals surface area contributed by atoms with Gasteiger partial charge in [-0.1, -0.05) is 32.0 Å². The van der Waals surface area contributed by atoms with Crippen molar-refractivity contribution >= 4 is 11.7 Å². The molecule has 0 spiro atoms. The zero-order valence-corrected chi connectivity index (χ0v) is 16.4. The fourth-order valence-electron chi connectivity index (χ4n) is 2.71. The number of benzene rings is 2. The predicted molar refractivity (Wildman–Crippen MR) is 106 cm³/mol. The van der Waals surface area contributed by atoms with Crippen molar-refractivity contribution < 1.29 is 14.3 Å². The van der Waals surface area contributed by atoms with Crippen LogP contribution in [0.15, 0.2) is 36.4 Å². The molecule has 0 aromatic heterocycles. The second kappa shape index (κ2) is 8.13. The van der Waals surface area contributed by atoms with E-state index >= 15 is 0 Å². The van der Waals surface area contributed by atoms with Gasteiger partial charge in [0, 0.05) is 17.6 Å².